The maximum absolute atomic E-state index is 13.1. The fourth-order valence-electron chi connectivity index (χ4n) is 3.43. The highest BCUT2D eigenvalue weighted by atomic mass is 32.1. The summed E-state index contributed by atoms with van der Waals surface area (Å²) in [6.45, 7) is 4.03. The van der Waals surface area contributed by atoms with Crippen molar-refractivity contribution in [2.75, 3.05) is 5.32 Å². The summed E-state index contributed by atoms with van der Waals surface area (Å²) in [6.07, 6.45) is 3.78. The molecule has 0 bridgehead atoms. The van der Waals surface area contributed by atoms with Gasteiger partial charge in [0.2, 0.25) is 0 Å². The van der Waals surface area contributed by atoms with Crippen LogP contribution in [0.15, 0.2) is 54.6 Å². The van der Waals surface area contributed by atoms with Gasteiger partial charge in [-0.3, -0.25) is 10.2 Å². The van der Waals surface area contributed by atoms with Crippen molar-refractivity contribution in [1.82, 2.24) is 15.8 Å². The minimum absolute atomic E-state index is 0.176. The molecule has 3 rings (SSSR count). The lowest BCUT2D eigenvalue weighted by molar-refractivity contribution is -0.133. The third-order valence-electron chi connectivity index (χ3n) is 5.13. The molecule has 3 amide bonds. The van der Waals surface area contributed by atoms with Gasteiger partial charge in [-0.15, -0.1) is 0 Å². The van der Waals surface area contributed by atoms with Gasteiger partial charge in [-0.05, 0) is 54.7 Å². The number of unbranched alkanes of at least 4 members (excludes halogenated alkanes) is 1. The zero-order valence-electron chi connectivity index (χ0n) is 16.7. The Labute approximate surface area is 176 Å². The Morgan fingerprint density at radius 3 is 2.38 bits per heavy atom. The van der Waals surface area contributed by atoms with Gasteiger partial charge < -0.3 is 10.6 Å². The summed E-state index contributed by atoms with van der Waals surface area (Å²) in [5.41, 5.74) is 4.43. The van der Waals surface area contributed by atoms with Crippen LogP contribution in [0.3, 0.4) is 0 Å². The van der Waals surface area contributed by atoms with Crippen molar-refractivity contribution >= 4 is 35.0 Å². The number of hydrogen-bond donors (Lipinski definition) is 3. The molecule has 0 saturated carbocycles. The Morgan fingerprint density at radius 1 is 1.07 bits per heavy atom. The molecular weight excluding hydrogens is 384 g/mol. The van der Waals surface area contributed by atoms with Gasteiger partial charge in [-0.25, -0.2) is 4.79 Å². The molecule has 1 fully saturated rings. The Hall–Kier alpha value is -2.93. The highest BCUT2D eigenvalue weighted by Crippen LogP contribution is 2.31. The number of benzene rings is 2. The number of anilines is 1. The Morgan fingerprint density at radius 2 is 1.76 bits per heavy atom. The molecule has 7 heteroatoms. The average molecular weight is 411 g/mol. The number of thiocarbonyl (C=S) groups is 1. The van der Waals surface area contributed by atoms with Crippen LogP contribution in [0.2, 0.25) is 0 Å². The SMILES string of the molecule is CCCCc1ccc(NC(=S)NN2C(=O)N[C@@](CC)(c3ccccc3)C2=O)cc1. The van der Waals surface area contributed by atoms with Crippen LogP contribution in [0.5, 0.6) is 0 Å². The smallest absolute Gasteiger partial charge is 0.331 e. The summed E-state index contributed by atoms with van der Waals surface area (Å²) < 4.78 is 0. The number of carbonyl (C=O) groups is 2. The van der Waals surface area contributed by atoms with Gasteiger partial charge in [0.1, 0.15) is 5.54 Å². The number of rotatable bonds is 7. The molecule has 1 aliphatic heterocycles. The van der Waals surface area contributed by atoms with E-state index in [2.05, 4.69) is 23.0 Å². The van der Waals surface area contributed by atoms with Crippen LogP contribution >= 0.6 is 12.2 Å². The molecule has 1 saturated heterocycles. The van der Waals surface area contributed by atoms with E-state index in [-0.39, 0.29) is 11.0 Å². The van der Waals surface area contributed by atoms with Crippen molar-refractivity contribution in [3.05, 3.63) is 65.7 Å². The lowest BCUT2D eigenvalue weighted by Gasteiger charge is -2.25. The van der Waals surface area contributed by atoms with Gasteiger partial charge in [-0.1, -0.05) is 62.7 Å². The molecule has 0 unspecified atom stereocenters. The van der Waals surface area contributed by atoms with Gasteiger partial charge >= 0.3 is 6.03 Å². The van der Waals surface area contributed by atoms with Crippen molar-refractivity contribution in [1.29, 1.82) is 0 Å². The molecule has 6 nitrogen and oxygen atoms in total. The van der Waals surface area contributed by atoms with Crippen LogP contribution in [0.4, 0.5) is 10.5 Å². The van der Waals surface area contributed by atoms with Crippen LogP contribution in [-0.4, -0.2) is 22.1 Å². The molecule has 2 aromatic rings. The van der Waals surface area contributed by atoms with Gasteiger partial charge in [0.15, 0.2) is 5.11 Å². The van der Waals surface area contributed by atoms with E-state index in [0.29, 0.717) is 6.42 Å². The molecule has 1 atom stereocenters. The maximum atomic E-state index is 13.1. The lowest BCUT2D eigenvalue weighted by atomic mass is 9.87. The van der Waals surface area contributed by atoms with Crippen molar-refractivity contribution < 1.29 is 9.59 Å². The van der Waals surface area contributed by atoms with Gasteiger partial charge in [-0.2, -0.15) is 5.01 Å². The van der Waals surface area contributed by atoms with E-state index < -0.39 is 11.6 Å². The highest BCUT2D eigenvalue weighted by Gasteiger charge is 2.51. The summed E-state index contributed by atoms with van der Waals surface area (Å²) >= 11 is 5.31. The van der Waals surface area contributed by atoms with E-state index in [9.17, 15) is 9.59 Å². The maximum Gasteiger partial charge on any atom is 0.344 e. The van der Waals surface area contributed by atoms with Gasteiger partial charge in [0, 0.05) is 5.69 Å². The van der Waals surface area contributed by atoms with Crippen LogP contribution in [-0.2, 0) is 16.8 Å². The van der Waals surface area contributed by atoms with E-state index in [1.165, 1.54) is 5.56 Å². The predicted molar refractivity (Wildman–Crippen MR) is 118 cm³/mol. The van der Waals surface area contributed by atoms with Crippen molar-refractivity contribution in [3.63, 3.8) is 0 Å². The van der Waals surface area contributed by atoms with Crippen LogP contribution in [0, 0.1) is 0 Å². The Bertz CT molecular complexity index is 885. The molecule has 29 heavy (non-hydrogen) atoms. The van der Waals surface area contributed by atoms with Crippen molar-refractivity contribution in [2.45, 2.75) is 45.1 Å². The molecular formula is C22H26N4O2S. The van der Waals surface area contributed by atoms with Crippen LogP contribution in [0.25, 0.3) is 0 Å². The zero-order valence-corrected chi connectivity index (χ0v) is 17.5. The zero-order chi connectivity index (χ0) is 20.9. The standard InChI is InChI=1S/C22H26N4O2S/c1-3-5-9-16-12-14-18(15-13-16)23-20(29)25-26-19(27)22(4-2,24-21(26)28)17-10-7-6-8-11-17/h6-8,10-15H,3-5,9H2,1-2H3,(H,24,28)(H2,23,25,29)/t22-/m0/s1. The quantitative estimate of drug-likeness (QED) is 0.474. The second-order valence-electron chi connectivity index (χ2n) is 7.06. The van der Waals surface area contributed by atoms with Crippen LogP contribution in [0.1, 0.15) is 44.2 Å². The number of amides is 3. The van der Waals surface area contributed by atoms with E-state index in [1.54, 1.807) is 0 Å². The summed E-state index contributed by atoms with van der Waals surface area (Å²) in [7, 11) is 0. The molecule has 2 aromatic carbocycles. The van der Waals surface area contributed by atoms with E-state index in [4.69, 9.17) is 12.2 Å². The number of hydrogen-bond acceptors (Lipinski definition) is 3. The number of urea groups is 1. The molecule has 1 aliphatic rings. The number of nitrogens with one attached hydrogen (secondary N) is 3. The molecule has 0 spiro atoms. The molecule has 0 aliphatic carbocycles. The summed E-state index contributed by atoms with van der Waals surface area (Å²) in [5, 5.41) is 6.96. The number of nitrogens with zero attached hydrogens (tertiary/aromatic N) is 1. The molecule has 3 N–H and O–H groups in total. The van der Waals surface area contributed by atoms with Gasteiger partial charge in [0.25, 0.3) is 5.91 Å². The first-order valence-electron chi connectivity index (χ1n) is 9.89. The Kier molecular flexibility index (Phi) is 6.49. The lowest BCUT2D eigenvalue weighted by Crippen LogP contribution is -2.49. The van der Waals surface area contributed by atoms with Gasteiger partial charge in [0.05, 0.1) is 0 Å². The minimum atomic E-state index is -1.10. The summed E-state index contributed by atoms with van der Waals surface area (Å²) in [6, 6.07) is 16.7. The third kappa shape index (κ3) is 4.40. The first kappa shape index (κ1) is 20.8. The number of carbonyl (C=O) groups excluding carboxylic acids is 2. The molecule has 0 radical (unpaired) electrons. The van der Waals surface area contributed by atoms with E-state index >= 15 is 0 Å². The van der Waals surface area contributed by atoms with E-state index in [0.717, 1.165) is 35.5 Å². The first-order chi connectivity index (χ1) is 14.0. The minimum Gasteiger partial charge on any atom is -0.331 e. The monoisotopic (exact) mass is 410 g/mol. The molecule has 1 heterocycles. The fourth-order valence-corrected chi connectivity index (χ4v) is 3.64. The Balaban J connectivity index is 1.67. The number of imide groups is 1. The normalized spacial score (nSPS) is 18.5. The first-order valence-corrected chi connectivity index (χ1v) is 10.3. The third-order valence-corrected chi connectivity index (χ3v) is 5.33. The van der Waals surface area contributed by atoms with E-state index in [1.807, 2.05) is 61.5 Å². The average Bonchev–Trinajstić information content (AvgIpc) is 2.99. The molecule has 152 valence electrons. The topological polar surface area (TPSA) is 73.5 Å². The highest BCUT2D eigenvalue weighted by molar-refractivity contribution is 7.80. The predicted octanol–water partition coefficient (Wildman–Crippen LogP) is 4.09. The number of aryl methyl sites for hydroxylation is 1. The van der Waals surface area contributed by atoms with Crippen LogP contribution < -0.4 is 16.1 Å². The van der Waals surface area contributed by atoms with Crippen molar-refractivity contribution in [2.24, 2.45) is 0 Å². The summed E-state index contributed by atoms with van der Waals surface area (Å²) in [4.78, 5) is 25.6. The fraction of sp³-hybridized carbons (Fsp3) is 0.318. The second kappa shape index (κ2) is 9.05. The molecule has 0 aromatic heterocycles. The second-order valence-corrected chi connectivity index (χ2v) is 7.47. The largest absolute Gasteiger partial charge is 0.344 e. The number of hydrazine groups is 1. The summed E-state index contributed by atoms with van der Waals surface area (Å²) in [5.74, 6) is -0.379. The van der Waals surface area contributed by atoms with Crippen molar-refractivity contribution in [3.8, 4) is 0 Å².